The Balaban J connectivity index is 2.11. The number of hydrogen-bond acceptors (Lipinski definition) is 3. The number of rotatable bonds is 2. The molecule has 0 amide bonds. The van der Waals surface area contributed by atoms with E-state index in [1.54, 1.807) is 6.92 Å². The number of aliphatic carboxylic acids is 1. The lowest BCUT2D eigenvalue weighted by Gasteiger charge is -2.33. The van der Waals surface area contributed by atoms with E-state index in [2.05, 4.69) is 4.98 Å². The van der Waals surface area contributed by atoms with Gasteiger partial charge in [0.05, 0.1) is 5.41 Å². The highest BCUT2D eigenvalue weighted by atomic mass is 16.4. The van der Waals surface area contributed by atoms with Crippen molar-refractivity contribution in [2.75, 3.05) is 0 Å². The van der Waals surface area contributed by atoms with E-state index in [-0.39, 0.29) is 0 Å². The molecule has 0 unspecified atom stereocenters. The van der Waals surface area contributed by atoms with Gasteiger partial charge in [0.25, 0.3) is 0 Å². The minimum absolute atomic E-state index is 0.611. The monoisotopic (exact) mass is 259 g/mol. The summed E-state index contributed by atoms with van der Waals surface area (Å²) in [5.74, 6) is -0.108. The Hall–Kier alpha value is -1.84. The summed E-state index contributed by atoms with van der Waals surface area (Å²) in [7, 11) is 0. The van der Waals surface area contributed by atoms with Gasteiger partial charge >= 0.3 is 5.97 Å². The number of benzene rings is 1. The fraction of sp³-hybridized carbons (Fsp3) is 0.467. The van der Waals surface area contributed by atoms with Crippen molar-refractivity contribution in [3.8, 4) is 0 Å². The summed E-state index contributed by atoms with van der Waals surface area (Å²) in [6.07, 6.45) is 4.49. The van der Waals surface area contributed by atoms with Gasteiger partial charge in [-0.25, -0.2) is 4.98 Å². The molecule has 1 aromatic heterocycles. The SMILES string of the molecule is Cc1nc2ccc(C3(C(=O)O)CCCCC3)cc2o1. The van der Waals surface area contributed by atoms with Crippen molar-refractivity contribution in [3.05, 3.63) is 29.7 Å². The van der Waals surface area contributed by atoms with E-state index in [1.165, 1.54) is 0 Å². The molecule has 1 fully saturated rings. The Morgan fingerprint density at radius 1 is 1.32 bits per heavy atom. The normalized spacial score (nSPS) is 18.6. The van der Waals surface area contributed by atoms with Crippen LogP contribution in [0.2, 0.25) is 0 Å². The van der Waals surface area contributed by atoms with E-state index in [1.807, 2.05) is 18.2 Å². The van der Waals surface area contributed by atoms with Crippen molar-refractivity contribution < 1.29 is 14.3 Å². The first-order valence-corrected chi connectivity index (χ1v) is 6.73. The van der Waals surface area contributed by atoms with Crippen LogP contribution >= 0.6 is 0 Å². The van der Waals surface area contributed by atoms with E-state index < -0.39 is 11.4 Å². The second kappa shape index (κ2) is 4.37. The maximum absolute atomic E-state index is 11.8. The summed E-state index contributed by atoms with van der Waals surface area (Å²) in [6, 6.07) is 5.61. The number of carboxylic acid groups (broad SMARTS) is 1. The van der Waals surface area contributed by atoms with Crippen LogP contribution in [0.25, 0.3) is 11.1 Å². The van der Waals surface area contributed by atoms with Gasteiger partial charge in [0.2, 0.25) is 0 Å². The molecule has 1 aliphatic carbocycles. The molecular formula is C15H17NO3. The summed E-state index contributed by atoms with van der Waals surface area (Å²) >= 11 is 0. The van der Waals surface area contributed by atoms with Crippen LogP contribution in [0.1, 0.15) is 43.6 Å². The zero-order chi connectivity index (χ0) is 13.5. The molecule has 1 aliphatic rings. The van der Waals surface area contributed by atoms with Gasteiger partial charge in [0, 0.05) is 6.92 Å². The van der Waals surface area contributed by atoms with Crippen LogP contribution in [0.5, 0.6) is 0 Å². The van der Waals surface area contributed by atoms with Crippen molar-refractivity contribution in [2.24, 2.45) is 0 Å². The van der Waals surface area contributed by atoms with Crippen LogP contribution in [0, 0.1) is 6.92 Å². The van der Waals surface area contributed by atoms with Crippen LogP contribution in [-0.4, -0.2) is 16.1 Å². The summed E-state index contributed by atoms with van der Waals surface area (Å²) in [4.78, 5) is 16.0. The molecule has 0 radical (unpaired) electrons. The van der Waals surface area contributed by atoms with Gasteiger partial charge in [0.15, 0.2) is 11.5 Å². The van der Waals surface area contributed by atoms with Crippen molar-refractivity contribution >= 4 is 17.1 Å². The molecule has 0 bridgehead atoms. The molecule has 1 saturated carbocycles. The Morgan fingerprint density at radius 3 is 2.74 bits per heavy atom. The minimum Gasteiger partial charge on any atom is -0.481 e. The van der Waals surface area contributed by atoms with Crippen molar-refractivity contribution in [2.45, 2.75) is 44.4 Å². The molecule has 19 heavy (non-hydrogen) atoms. The van der Waals surface area contributed by atoms with Gasteiger partial charge in [-0.1, -0.05) is 25.3 Å². The highest BCUT2D eigenvalue weighted by molar-refractivity contribution is 5.84. The molecule has 1 N–H and O–H groups in total. The van der Waals surface area contributed by atoms with Gasteiger partial charge < -0.3 is 9.52 Å². The molecule has 0 saturated heterocycles. The molecule has 0 atom stereocenters. The second-order valence-electron chi connectivity index (χ2n) is 5.36. The Kier molecular flexibility index (Phi) is 2.81. The van der Waals surface area contributed by atoms with Crippen molar-refractivity contribution in [1.29, 1.82) is 0 Å². The van der Waals surface area contributed by atoms with E-state index in [4.69, 9.17) is 4.42 Å². The molecule has 3 rings (SSSR count). The lowest BCUT2D eigenvalue weighted by Crippen LogP contribution is -2.37. The average molecular weight is 259 g/mol. The topological polar surface area (TPSA) is 63.3 Å². The van der Waals surface area contributed by atoms with E-state index in [9.17, 15) is 9.90 Å². The van der Waals surface area contributed by atoms with Crippen LogP contribution in [0.4, 0.5) is 0 Å². The van der Waals surface area contributed by atoms with Crippen molar-refractivity contribution in [1.82, 2.24) is 4.98 Å². The largest absolute Gasteiger partial charge is 0.481 e. The van der Waals surface area contributed by atoms with Gasteiger partial charge in [0.1, 0.15) is 5.52 Å². The number of aromatic nitrogens is 1. The predicted molar refractivity (Wildman–Crippen MR) is 71.1 cm³/mol. The maximum Gasteiger partial charge on any atom is 0.314 e. The third-order valence-electron chi connectivity index (χ3n) is 4.16. The zero-order valence-electron chi connectivity index (χ0n) is 11.0. The third-order valence-corrected chi connectivity index (χ3v) is 4.16. The van der Waals surface area contributed by atoms with Gasteiger partial charge in [-0.05, 0) is 30.5 Å². The first kappa shape index (κ1) is 12.2. The molecule has 1 heterocycles. The summed E-state index contributed by atoms with van der Waals surface area (Å²) in [5.41, 5.74) is 1.58. The molecule has 2 aromatic rings. The summed E-state index contributed by atoms with van der Waals surface area (Å²) in [6.45, 7) is 1.80. The van der Waals surface area contributed by atoms with Gasteiger partial charge in [-0.2, -0.15) is 0 Å². The van der Waals surface area contributed by atoms with E-state index in [0.29, 0.717) is 24.3 Å². The van der Waals surface area contributed by atoms with Crippen LogP contribution in [-0.2, 0) is 10.2 Å². The molecular weight excluding hydrogens is 242 g/mol. The Labute approximate surface area is 111 Å². The molecule has 0 spiro atoms. The van der Waals surface area contributed by atoms with Gasteiger partial charge in [-0.15, -0.1) is 0 Å². The molecule has 100 valence electrons. The smallest absolute Gasteiger partial charge is 0.314 e. The third kappa shape index (κ3) is 1.91. The Morgan fingerprint density at radius 2 is 2.05 bits per heavy atom. The number of fused-ring (bicyclic) bond motifs is 1. The number of carbonyl (C=O) groups is 1. The molecule has 1 aromatic carbocycles. The van der Waals surface area contributed by atoms with Crippen molar-refractivity contribution in [3.63, 3.8) is 0 Å². The highest BCUT2D eigenvalue weighted by Gasteiger charge is 2.41. The summed E-state index contributed by atoms with van der Waals surface area (Å²) < 4.78 is 5.52. The van der Waals surface area contributed by atoms with Crippen LogP contribution in [0.3, 0.4) is 0 Å². The van der Waals surface area contributed by atoms with Gasteiger partial charge in [-0.3, -0.25) is 4.79 Å². The quantitative estimate of drug-likeness (QED) is 0.897. The van der Waals surface area contributed by atoms with Crippen LogP contribution < -0.4 is 0 Å². The number of hydrogen-bond donors (Lipinski definition) is 1. The average Bonchev–Trinajstić information content (AvgIpc) is 2.78. The van der Waals surface area contributed by atoms with Crippen LogP contribution in [0.15, 0.2) is 22.6 Å². The first-order valence-electron chi connectivity index (χ1n) is 6.73. The standard InChI is InChI=1S/C15H17NO3/c1-10-16-12-6-5-11(9-13(12)19-10)15(14(17)18)7-3-2-4-8-15/h5-6,9H,2-4,7-8H2,1H3,(H,17,18). The Bertz CT molecular complexity index is 623. The lowest BCUT2D eigenvalue weighted by atomic mass is 9.69. The van der Waals surface area contributed by atoms with E-state index >= 15 is 0 Å². The minimum atomic E-state index is -0.743. The first-order chi connectivity index (χ1) is 9.12. The number of nitrogens with zero attached hydrogens (tertiary/aromatic N) is 1. The molecule has 4 heteroatoms. The fourth-order valence-electron chi connectivity index (χ4n) is 3.12. The fourth-order valence-corrected chi connectivity index (χ4v) is 3.12. The molecule has 4 nitrogen and oxygen atoms in total. The molecule has 0 aliphatic heterocycles. The zero-order valence-corrected chi connectivity index (χ0v) is 11.0. The van der Waals surface area contributed by atoms with E-state index in [0.717, 1.165) is 30.3 Å². The number of aryl methyl sites for hydroxylation is 1. The predicted octanol–water partition coefficient (Wildman–Crippen LogP) is 3.42. The number of carboxylic acids is 1. The summed E-state index contributed by atoms with van der Waals surface area (Å²) in [5, 5.41) is 9.67. The lowest BCUT2D eigenvalue weighted by molar-refractivity contribution is -0.145. The highest BCUT2D eigenvalue weighted by Crippen LogP contribution is 2.40. The second-order valence-corrected chi connectivity index (χ2v) is 5.36. The maximum atomic E-state index is 11.8. The number of oxazole rings is 1.